The molecular weight excluding hydrogens is 306 g/mol. The van der Waals surface area contributed by atoms with E-state index < -0.39 is 0 Å². The van der Waals surface area contributed by atoms with E-state index in [4.69, 9.17) is 25.5 Å². The zero-order chi connectivity index (χ0) is 15.9. The molecule has 0 spiro atoms. The molecule has 0 aliphatic rings. The number of hydrogen-bond acceptors (Lipinski definition) is 4. The monoisotopic (exact) mass is 323 g/mol. The van der Waals surface area contributed by atoms with Gasteiger partial charge in [0, 0.05) is 6.54 Å². The molecule has 1 heterocycles. The fourth-order valence-corrected chi connectivity index (χ4v) is 2.08. The highest BCUT2D eigenvalue weighted by Gasteiger charge is 2.11. The Hall–Kier alpha value is -2.14. The predicted molar refractivity (Wildman–Crippen MR) is 83.6 cm³/mol. The highest BCUT2D eigenvalue weighted by molar-refractivity contribution is 6.16. The second kappa shape index (κ2) is 7.75. The number of hydrogen-bond donors (Lipinski definition) is 1. The molecule has 0 atom stereocenters. The number of halogens is 1. The number of furan rings is 1. The fourth-order valence-electron chi connectivity index (χ4n) is 1.94. The summed E-state index contributed by atoms with van der Waals surface area (Å²) in [6.07, 6.45) is 0. The molecule has 1 aromatic heterocycles. The summed E-state index contributed by atoms with van der Waals surface area (Å²) < 4.78 is 16.0. The summed E-state index contributed by atoms with van der Waals surface area (Å²) in [6.45, 7) is 2.80. The van der Waals surface area contributed by atoms with Gasteiger partial charge in [-0.25, -0.2) is 0 Å². The summed E-state index contributed by atoms with van der Waals surface area (Å²) in [6, 6.07) is 8.81. The van der Waals surface area contributed by atoms with E-state index in [9.17, 15) is 4.79 Å². The van der Waals surface area contributed by atoms with Gasteiger partial charge in [-0.15, -0.1) is 11.6 Å². The highest BCUT2D eigenvalue weighted by Crippen LogP contribution is 2.28. The van der Waals surface area contributed by atoms with Gasteiger partial charge in [0.05, 0.1) is 19.6 Å². The molecule has 0 radical (unpaired) electrons. The predicted octanol–water partition coefficient (Wildman–Crippen LogP) is 3.36. The van der Waals surface area contributed by atoms with Gasteiger partial charge in [-0.2, -0.15) is 0 Å². The lowest BCUT2D eigenvalue weighted by Gasteiger charge is -2.11. The normalized spacial score (nSPS) is 10.3. The van der Waals surface area contributed by atoms with E-state index in [0.29, 0.717) is 30.4 Å². The minimum atomic E-state index is -0.287. The second-order valence-corrected chi connectivity index (χ2v) is 4.77. The van der Waals surface area contributed by atoms with Crippen LogP contribution in [-0.4, -0.2) is 19.6 Å². The summed E-state index contributed by atoms with van der Waals surface area (Å²) in [5.41, 5.74) is 0.904. The fraction of sp³-hybridized carbons (Fsp3) is 0.312. The van der Waals surface area contributed by atoms with E-state index in [1.807, 2.05) is 25.1 Å². The minimum absolute atomic E-state index is 0.240. The number of amides is 1. The largest absolute Gasteiger partial charge is 0.493 e. The number of rotatable bonds is 7. The lowest BCUT2D eigenvalue weighted by molar-refractivity contribution is 0.0921. The maximum absolute atomic E-state index is 12.0. The van der Waals surface area contributed by atoms with Crippen molar-refractivity contribution in [2.45, 2.75) is 19.3 Å². The molecule has 0 unspecified atom stereocenters. The van der Waals surface area contributed by atoms with Crippen LogP contribution in [0, 0.1) is 0 Å². The average Bonchev–Trinajstić information content (AvgIpc) is 3.02. The quantitative estimate of drug-likeness (QED) is 0.794. The van der Waals surface area contributed by atoms with Crippen LogP contribution in [0.25, 0.3) is 0 Å². The van der Waals surface area contributed by atoms with Crippen LogP contribution in [0.3, 0.4) is 0 Å². The molecule has 0 aliphatic heterocycles. The van der Waals surface area contributed by atoms with E-state index in [1.165, 1.54) is 0 Å². The lowest BCUT2D eigenvalue weighted by Crippen LogP contribution is -2.22. The van der Waals surface area contributed by atoms with E-state index in [0.717, 1.165) is 5.56 Å². The third kappa shape index (κ3) is 3.95. The summed E-state index contributed by atoms with van der Waals surface area (Å²) in [7, 11) is 1.59. The first kappa shape index (κ1) is 16.2. The number of alkyl halides is 1. The number of ether oxygens (including phenoxy) is 2. The van der Waals surface area contributed by atoms with Crippen molar-refractivity contribution in [2.75, 3.05) is 13.7 Å². The van der Waals surface area contributed by atoms with Gasteiger partial charge in [0.25, 0.3) is 5.91 Å². The molecule has 2 aromatic rings. The van der Waals surface area contributed by atoms with Gasteiger partial charge < -0.3 is 19.2 Å². The van der Waals surface area contributed by atoms with E-state index >= 15 is 0 Å². The molecule has 1 amide bonds. The Kier molecular flexibility index (Phi) is 5.72. The molecule has 5 nitrogen and oxygen atoms in total. The summed E-state index contributed by atoms with van der Waals surface area (Å²) in [4.78, 5) is 12.0. The van der Waals surface area contributed by atoms with Crippen LogP contribution in [0.2, 0.25) is 0 Å². The molecule has 0 bridgehead atoms. The molecule has 22 heavy (non-hydrogen) atoms. The molecular formula is C16H18ClNO4. The second-order valence-electron chi connectivity index (χ2n) is 4.50. The van der Waals surface area contributed by atoms with Crippen LogP contribution in [0.5, 0.6) is 11.5 Å². The third-order valence-corrected chi connectivity index (χ3v) is 3.26. The zero-order valence-electron chi connectivity index (χ0n) is 12.5. The number of methoxy groups -OCH3 is 1. The van der Waals surface area contributed by atoms with Gasteiger partial charge in [-0.1, -0.05) is 6.07 Å². The van der Waals surface area contributed by atoms with Gasteiger partial charge in [-0.3, -0.25) is 4.79 Å². The van der Waals surface area contributed by atoms with Crippen molar-refractivity contribution in [1.29, 1.82) is 0 Å². The first-order valence-corrected chi connectivity index (χ1v) is 7.44. The van der Waals surface area contributed by atoms with Crippen LogP contribution < -0.4 is 14.8 Å². The molecule has 6 heteroatoms. The van der Waals surface area contributed by atoms with Gasteiger partial charge in [0.1, 0.15) is 5.76 Å². The Morgan fingerprint density at radius 3 is 2.73 bits per heavy atom. The van der Waals surface area contributed by atoms with Gasteiger partial charge in [-0.05, 0) is 36.8 Å². The first-order valence-electron chi connectivity index (χ1n) is 6.90. The zero-order valence-corrected chi connectivity index (χ0v) is 13.3. The van der Waals surface area contributed by atoms with Gasteiger partial charge in [0.2, 0.25) is 0 Å². The van der Waals surface area contributed by atoms with E-state index in [2.05, 4.69) is 5.32 Å². The van der Waals surface area contributed by atoms with Crippen LogP contribution in [-0.2, 0) is 12.4 Å². The Balaban J connectivity index is 2.01. The van der Waals surface area contributed by atoms with Crippen molar-refractivity contribution in [2.24, 2.45) is 0 Å². The Morgan fingerprint density at radius 2 is 2.09 bits per heavy atom. The van der Waals surface area contributed by atoms with E-state index in [-0.39, 0.29) is 17.5 Å². The van der Waals surface area contributed by atoms with Crippen LogP contribution in [0.4, 0.5) is 0 Å². The van der Waals surface area contributed by atoms with Crippen LogP contribution in [0.15, 0.2) is 34.7 Å². The van der Waals surface area contributed by atoms with Gasteiger partial charge in [0.15, 0.2) is 17.3 Å². The first-order chi connectivity index (χ1) is 10.7. The van der Waals surface area contributed by atoms with Crippen molar-refractivity contribution in [3.8, 4) is 11.5 Å². The number of nitrogens with one attached hydrogen (secondary N) is 1. The molecule has 2 rings (SSSR count). The van der Waals surface area contributed by atoms with Crippen molar-refractivity contribution < 1.29 is 18.7 Å². The average molecular weight is 324 g/mol. The van der Waals surface area contributed by atoms with Crippen molar-refractivity contribution in [3.05, 3.63) is 47.4 Å². The number of carbonyl (C=O) groups is 1. The summed E-state index contributed by atoms with van der Waals surface area (Å²) in [5.74, 6) is 2.08. The highest BCUT2D eigenvalue weighted by atomic mass is 35.5. The molecule has 118 valence electrons. The smallest absolute Gasteiger partial charge is 0.287 e. The maximum atomic E-state index is 12.0. The van der Waals surface area contributed by atoms with Crippen molar-refractivity contribution in [1.82, 2.24) is 5.32 Å². The molecule has 0 saturated carbocycles. The molecule has 1 N–H and O–H groups in total. The third-order valence-electron chi connectivity index (χ3n) is 3.00. The topological polar surface area (TPSA) is 60.7 Å². The summed E-state index contributed by atoms with van der Waals surface area (Å²) in [5, 5.41) is 2.79. The molecule has 0 saturated heterocycles. The number of carbonyl (C=O) groups excluding carboxylic acids is 1. The van der Waals surface area contributed by atoms with Crippen molar-refractivity contribution in [3.63, 3.8) is 0 Å². The Bertz CT molecular complexity index is 639. The maximum Gasteiger partial charge on any atom is 0.287 e. The Labute approximate surface area is 134 Å². The van der Waals surface area contributed by atoms with E-state index in [1.54, 1.807) is 19.2 Å². The van der Waals surface area contributed by atoms with Crippen LogP contribution >= 0.6 is 11.6 Å². The molecule has 0 aliphatic carbocycles. The SMILES string of the molecule is CCOc1cc(CNC(=O)c2ccc(CCl)o2)ccc1OC. The number of benzene rings is 1. The van der Waals surface area contributed by atoms with Gasteiger partial charge >= 0.3 is 0 Å². The summed E-state index contributed by atoms with van der Waals surface area (Å²) >= 11 is 5.64. The molecule has 1 aromatic carbocycles. The Morgan fingerprint density at radius 1 is 1.27 bits per heavy atom. The van der Waals surface area contributed by atoms with Crippen LogP contribution in [0.1, 0.15) is 28.8 Å². The minimum Gasteiger partial charge on any atom is -0.493 e. The standard InChI is InChI=1S/C16H18ClNO4/c1-3-21-15-8-11(4-6-13(15)20-2)10-18-16(19)14-7-5-12(9-17)22-14/h4-8H,3,9-10H2,1-2H3,(H,18,19). The molecule has 0 fully saturated rings. The lowest BCUT2D eigenvalue weighted by atomic mass is 10.2. The van der Waals surface area contributed by atoms with Crippen molar-refractivity contribution >= 4 is 17.5 Å².